The second-order valence-corrected chi connectivity index (χ2v) is 4.79. The van der Waals surface area contributed by atoms with Crippen molar-refractivity contribution in [3.8, 4) is 0 Å². The van der Waals surface area contributed by atoms with Crippen molar-refractivity contribution in [2.75, 3.05) is 0 Å². The van der Waals surface area contributed by atoms with Gasteiger partial charge in [0.05, 0.1) is 0 Å². The largest absolute Gasteiger partial charge is 0.415 e. The summed E-state index contributed by atoms with van der Waals surface area (Å²) in [6, 6.07) is 0. The molecule has 0 aromatic heterocycles. The topological polar surface area (TPSA) is 52.6 Å². The van der Waals surface area contributed by atoms with E-state index in [1.165, 1.54) is 0 Å². The number of esters is 2. The van der Waals surface area contributed by atoms with Crippen LogP contribution < -0.4 is 0 Å². The molecule has 132 valence electrons. The molecule has 0 unspecified atom stereocenters. The van der Waals surface area contributed by atoms with Crippen molar-refractivity contribution in [1.82, 2.24) is 0 Å². The third-order valence-electron chi connectivity index (χ3n) is 2.39. The molecule has 0 fully saturated rings. The molecule has 0 amide bonds. The van der Waals surface area contributed by atoms with E-state index in [-0.39, 0.29) is 0 Å². The smallest absolute Gasteiger partial charge is 0.388 e. The van der Waals surface area contributed by atoms with Crippen molar-refractivity contribution in [2.24, 2.45) is 0 Å². The van der Waals surface area contributed by atoms with Gasteiger partial charge in [0.1, 0.15) is 0 Å². The number of alkyl halides is 6. The van der Waals surface area contributed by atoms with Gasteiger partial charge < -0.3 is 9.47 Å². The SMILES string of the molecule is C=C(C)C(=O)OC(OC(=O)C(=C)C)C(F)(F)C(F)(F)C(C)(F)F. The number of carbonyl (C=O) groups excluding carboxylic acids is 2. The van der Waals surface area contributed by atoms with E-state index in [9.17, 15) is 35.9 Å². The molecule has 0 aliphatic rings. The van der Waals surface area contributed by atoms with Gasteiger partial charge in [0.15, 0.2) is 0 Å². The number of carbonyl (C=O) groups is 2. The number of rotatable bonds is 7. The van der Waals surface area contributed by atoms with Crippen molar-refractivity contribution in [3.05, 3.63) is 24.3 Å². The molecule has 0 spiro atoms. The Kier molecular flexibility index (Phi) is 6.05. The van der Waals surface area contributed by atoms with Gasteiger partial charge in [-0.25, -0.2) is 9.59 Å². The fraction of sp³-hybridized carbons (Fsp3) is 0.538. The van der Waals surface area contributed by atoms with Gasteiger partial charge in [0.2, 0.25) is 0 Å². The summed E-state index contributed by atoms with van der Waals surface area (Å²) in [6.45, 7) is 7.50. The summed E-state index contributed by atoms with van der Waals surface area (Å²) in [6.07, 6.45) is -3.60. The van der Waals surface area contributed by atoms with Gasteiger partial charge >= 0.3 is 36.0 Å². The summed E-state index contributed by atoms with van der Waals surface area (Å²) in [5.41, 5.74) is -1.02. The summed E-state index contributed by atoms with van der Waals surface area (Å²) >= 11 is 0. The quantitative estimate of drug-likeness (QED) is 0.306. The van der Waals surface area contributed by atoms with E-state index in [0.717, 1.165) is 13.8 Å². The van der Waals surface area contributed by atoms with E-state index in [1.807, 2.05) is 0 Å². The van der Waals surface area contributed by atoms with Gasteiger partial charge in [-0.2, -0.15) is 26.3 Å². The Morgan fingerprint density at radius 3 is 1.39 bits per heavy atom. The fourth-order valence-corrected chi connectivity index (χ4v) is 1.01. The average Bonchev–Trinajstić information content (AvgIpc) is 2.35. The molecule has 23 heavy (non-hydrogen) atoms. The summed E-state index contributed by atoms with van der Waals surface area (Å²) in [5.74, 6) is -20.2. The Bertz CT molecular complexity index is 493. The highest BCUT2D eigenvalue weighted by Gasteiger charge is 2.74. The van der Waals surface area contributed by atoms with Crippen LogP contribution >= 0.6 is 0 Å². The first-order chi connectivity index (χ1) is 10.1. The van der Waals surface area contributed by atoms with Gasteiger partial charge in [-0.15, -0.1) is 0 Å². The number of hydrogen-bond donors (Lipinski definition) is 0. The molecule has 0 aliphatic heterocycles. The van der Waals surface area contributed by atoms with Crippen LogP contribution in [0.4, 0.5) is 26.3 Å². The zero-order valence-electron chi connectivity index (χ0n) is 12.4. The van der Waals surface area contributed by atoms with Gasteiger partial charge in [-0.05, 0) is 13.8 Å². The lowest BCUT2D eigenvalue weighted by Gasteiger charge is -2.34. The standard InChI is InChI=1S/C13H14F6O4/c1-6(2)8(20)22-10(23-9(21)7(3)4)12(16,17)13(18,19)11(5,14)15/h10H,1,3H2,2,4-5H3. The summed E-state index contributed by atoms with van der Waals surface area (Å²) in [7, 11) is 0. The summed E-state index contributed by atoms with van der Waals surface area (Å²) < 4.78 is 87.6. The summed E-state index contributed by atoms with van der Waals surface area (Å²) in [5, 5.41) is 0. The fourth-order valence-electron chi connectivity index (χ4n) is 1.01. The molecule has 0 aromatic rings. The lowest BCUT2D eigenvalue weighted by molar-refractivity contribution is -0.357. The molecule has 0 aliphatic carbocycles. The number of hydrogen-bond acceptors (Lipinski definition) is 4. The molecule has 0 heterocycles. The maximum Gasteiger partial charge on any atom is 0.388 e. The average molecular weight is 348 g/mol. The maximum absolute atomic E-state index is 13.8. The van der Waals surface area contributed by atoms with E-state index in [2.05, 4.69) is 22.6 Å². The third-order valence-corrected chi connectivity index (χ3v) is 2.39. The summed E-state index contributed by atoms with van der Waals surface area (Å²) in [4.78, 5) is 22.5. The van der Waals surface area contributed by atoms with Gasteiger partial charge in [0, 0.05) is 18.1 Å². The molecule has 0 saturated heterocycles. The Morgan fingerprint density at radius 1 is 0.870 bits per heavy atom. The molecular weight excluding hydrogens is 334 g/mol. The Balaban J connectivity index is 5.81. The van der Waals surface area contributed by atoms with Crippen molar-refractivity contribution in [1.29, 1.82) is 0 Å². The van der Waals surface area contributed by atoms with E-state index in [4.69, 9.17) is 0 Å². The van der Waals surface area contributed by atoms with Crippen LogP contribution in [0.2, 0.25) is 0 Å². The second-order valence-electron chi connectivity index (χ2n) is 4.79. The van der Waals surface area contributed by atoms with Crippen LogP contribution in [0.25, 0.3) is 0 Å². The van der Waals surface area contributed by atoms with Crippen molar-refractivity contribution >= 4 is 11.9 Å². The Morgan fingerprint density at radius 2 is 1.17 bits per heavy atom. The van der Waals surface area contributed by atoms with Crippen LogP contribution in [0.5, 0.6) is 0 Å². The first kappa shape index (κ1) is 21.0. The lowest BCUT2D eigenvalue weighted by atomic mass is 10.1. The molecule has 0 aromatic carbocycles. The first-order valence-electron chi connectivity index (χ1n) is 5.92. The van der Waals surface area contributed by atoms with Gasteiger partial charge in [-0.3, -0.25) is 0 Å². The van der Waals surface area contributed by atoms with E-state index < -0.39 is 54.1 Å². The molecule has 0 rings (SSSR count). The number of halogens is 6. The van der Waals surface area contributed by atoms with Crippen LogP contribution in [0.15, 0.2) is 24.3 Å². The molecular formula is C13H14F6O4. The van der Waals surface area contributed by atoms with E-state index in [1.54, 1.807) is 0 Å². The third kappa shape index (κ3) is 4.49. The molecule has 0 saturated carbocycles. The van der Waals surface area contributed by atoms with Crippen molar-refractivity contribution in [2.45, 2.75) is 44.8 Å². The minimum Gasteiger partial charge on any atom is -0.415 e. The van der Waals surface area contributed by atoms with Gasteiger partial charge in [0.25, 0.3) is 0 Å². The lowest BCUT2D eigenvalue weighted by Crippen LogP contribution is -2.60. The molecule has 0 radical (unpaired) electrons. The second kappa shape index (κ2) is 6.63. The molecule has 10 heteroatoms. The van der Waals surface area contributed by atoms with Crippen molar-refractivity contribution in [3.63, 3.8) is 0 Å². The van der Waals surface area contributed by atoms with Crippen molar-refractivity contribution < 1.29 is 45.4 Å². The molecule has 0 atom stereocenters. The van der Waals surface area contributed by atoms with Crippen LogP contribution in [-0.4, -0.2) is 36.0 Å². The predicted octanol–water partition coefficient (Wildman–Crippen LogP) is 3.48. The Hall–Kier alpha value is -2.00. The molecule has 0 bridgehead atoms. The highest BCUT2D eigenvalue weighted by atomic mass is 19.3. The molecule has 0 N–H and O–H groups in total. The van der Waals surface area contributed by atoms with E-state index >= 15 is 0 Å². The van der Waals surface area contributed by atoms with E-state index in [0.29, 0.717) is 0 Å². The van der Waals surface area contributed by atoms with Gasteiger partial charge in [-0.1, -0.05) is 13.2 Å². The number of ether oxygens (including phenoxy) is 2. The van der Waals surface area contributed by atoms with Crippen LogP contribution in [0, 0.1) is 0 Å². The first-order valence-corrected chi connectivity index (χ1v) is 5.92. The van der Waals surface area contributed by atoms with Crippen LogP contribution in [0.1, 0.15) is 20.8 Å². The van der Waals surface area contributed by atoms with Crippen LogP contribution in [-0.2, 0) is 19.1 Å². The highest BCUT2D eigenvalue weighted by Crippen LogP contribution is 2.48. The highest BCUT2D eigenvalue weighted by molar-refractivity contribution is 5.88. The zero-order valence-corrected chi connectivity index (χ0v) is 12.4. The minimum absolute atomic E-state index is 0.459. The monoisotopic (exact) mass is 348 g/mol. The Labute approximate surface area is 127 Å². The maximum atomic E-state index is 13.8. The normalized spacial score (nSPS) is 12.8. The van der Waals surface area contributed by atoms with Crippen LogP contribution in [0.3, 0.4) is 0 Å². The predicted molar refractivity (Wildman–Crippen MR) is 66.1 cm³/mol. The zero-order chi connectivity index (χ0) is 18.8. The molecule has 4 nitrogen and oxygen atoms in total. The minimum atomic E-state index is -5.98.